The van der Waals surface area contributed by atoms with Crippen LogP contribution in [-0.2, 0) is 5.41 Å². The second-order valence-corrected chi connectivity index (χ2v) is 12.8. The van der Waals surface area contributed by atoms with E-state index >= 15 is 0 Å². The normalized spacial score (nSPS) is 12.5. The van der Waals surface area contributed by atoms with Crippen LogP contribution in [0.15, 0.2) is 188 Å². The summed E-state index contributed by atoms with van der Waals surface area (Å²) in [5.41, 5.74) is 13.9. The van der Waals surface area contributed by atoms with E-state index in [9.17, 15) is 0 Å². The molecule has 9 rings (SSSR count). The molecule has 0 N–H and O–H groups in total. The fourth-order valence-corrected chi connectivity index (χ4v) is 7.82. The first-order valence-electron chi connectivity index (χ1n) is 17.1. The molecule has 0 unspecified atom stereocenters. The Morgan fingerprint density at radius 3 is 1.61 bits per heavy atom. The standard InChI is InChI=1S/C48H31N3/c1-49-37-29-30-42-41(31-37)46-40(27-16-28-43(46)48(42,35-21-10-4-11-22-35)36-23-12-5-13-24-36)38-25-14-15-26-39(38)45-32-44(33-17-6-2-7-18-33)50-47(51-45)34-19-8-3-9-20-34/h2-32H. The molecule has 7 aromatic carbocycles. The molecule has 1 heterocycles. The molecule has 0 aliphatic heterocycles. The molecule has 51 heavy (non-hydrogen) atoms. The van der Waals surface area contributed by atoms with Crippen LogP contribution in [0.3, 0.4) is 0 Å². The van der Waals surface area contributed by atoms with Crippen molar-refractivity contribution in [3.8, 4) is 56.2 Å². The summed E-state index contributed by atoms with van der Waals surface area (Å²) in [6.45, 7) is 7.97. The van der Waals surface area contributed by atoms with Gasteiger partial charge in [-0.15, -0.1) is 0 Å². The molecule has 0 atom stereocenters. The number of rotatable bonds is 6. The Kier molecular flexibility index (Phi) is 7.42. The van der Waals surface area contributed by atoms with E-state index in [4.69, 9.17) is 16.5 Å². The number of nitrogens with zero attached hydrogens (tertiary/aromatic N) is 3. The van der Waals surface area contributed by atoms with E-state index in [1.807, 2.05) is 42.5 Å². The van der Waals surface area contributed by atoms with Crippen molar-refractivity contribution in [1.29, 1.82) is 0 Å². The third kappa shape index (κ3) is 4.97. The summed E-state index contributed by atoms with van der Waals surface area (Å²) in [5.74, 6) is 0.680. The number of hydrogen-bond donors (Lipinski definition) is 0. The molecular weight excluding hydrogens is 619 g/mol. The highest BCUT2D eigenvalue weighted by Crippen LogP contribution is 2.59. The van der Waals surface area contributed by atoms with Crippen LogP contribution >= 0.6 is 0 Å². The smallest absolute Gasteiger partial charge is 0.187 e. The second kappa shape index (κ2) is 12.5. The average Bonchev–Trinajstić information content (AvgIpc) is 3.52. The molecule has 0 spiro atoms. The Labute approximate surface area is 298 Å². The Bertz CT molecular complexity index is 2470. The molecule has 1 aliphatic rings. The Morgan fingerprint density at radius 1 is 0.412 bits per heavy atom. The summed E-state index contributed by atoms with van der Waals surface area (Å²) in [6, 6.07) is 65.5. The number of aromatic nitrogens is 2. The lowest BCUT2D eigenvalue weighted by Crippen LogP contribution is -2.28. The van der Waals surface area contributed by atoms with E-state index in [2.05, 4.69) is 150 Å². The van der Waals surface area contributed by atoms with Crippen LogP contribution in [0.1, 0.15) is 22.3 Å². The van der Waals surface area contributed by atoms with E-state index < -0.39 is 5.41 Å². The zero-order valence-electron chi connectivity index (χ0n) is 27.7. The highest BCUT2D eigenvalue weighted by atomic mass is 14.9. The summed E-state index contributed by atoms with van der Waals surface area (Å²) < 4.78 is 0. The van der Waals surface area contributed by atoms with E-state index in [1.165, 1.54) is 22.3 Å². The molecular formula is C48H31N3. The first kappa shape index (κ1) is 30.2. The monoisotopic (exact) mass is 649 g/mol. The molecule has 0 radical (unpaired) electrons. The van der Waals surface area contributed by atoms with E-state index in [-0.39, 0.29) is 0 Å². The maximum absolute atomic E-state index is 7.97. The van der Waals surface area contributed by atoms with Crippen molar-refractivity contribution in [3.63, 3.8) is 0 Å². The van der Waals surface area contributed by atoms with Gasteiger partial charge in [-0.1, -0.05) is 176 Å². The summed E-state index contributed by atoms with van der Waals surface area (Å²) in [6.07, 6.45) is 0. The Morgan fingerprint density at radius 2 is 0.961 bits per heavy atom. The molecule has 3 nitrogen and oxygen atoms in total. The lowest BCUT2D eigenvalue weighted by Gasteiger charge is -2.34. The highest BCUT2D eigenvalue weighted by molar-refractivity contribution is 5.99. The molecule has 238 valence electrons. The Hall–Kier alpha value is -6.89. The third-order valence-electron chi connectivity index (χ3n) is 10.0. The van der Waals surface area contributed by atoms with Gasteiger partial charge in [-0.3, -0.25) is 0 Å². The maximum atomic E-state index is 7.97. The Balaban J connectivity index is 1.34. The largest absolute Gasteiger partial charge is 0.238 e. The van der Waals surface area contributed by atoms with E-state index in [0.717, 1.165) is 50.3 Å². The van der Waals surface area contributed by atoms with Crippen LogP contribution in [0.25, 0.3) is 61.0 Å². The molecule has 1 aromatic heterocycles. The SMILES string of the molecule is [C-]#[N+]c1ccc2c(c1)-c1c(-c3ccccc3-c3cc(-c4ccccc4)nc(-c4ccccc4)n3)cccc1C2(c1ccccc1)c1ccccc1. The first-order chi connectivity index (χ1) is 25.3. The van der Waals surface area contributed by atoms with Gasteiger partial charge >= 0.3 is 0 Å². The number of benzene rings is 7. The van der Waals surface area contributed by atoms with Gasteiger partial charge in [0.2, 0.25) is 0 Å². The molecule has 1 aliphatic carbocycles. The minimum Gasteiger partial charge on any atom is -0.238 e. The summed E-state index contributed by atoms with van der Waals surface area (Å²) in [7, 11) is 0. The molecule has 0 fully saturated rings. The van der Waals surface area contributed by atoms with Crippen LogP contribution in [0.5, 0.6) is 0 Å². The van der Waals surface area contributed by atoms with Crippen molar-refractivity contribution in [1.82, 2.24) is 9.97 Å². The first-order valence-corrected chi connectivity index (χ1v) is 17.1. The van der Waals surface area contributed by atoms with Gasteiger partial charge < -0.3 is 0 Å². The minimum absolute atomic E-state index is 0.575. The van der Waals surface area contributed by atoms with E-state index in [0.29, 0.717) is 11.5 Å². The lowest BCUT2D eigenvalue weighted by molar-refractivity contribution is 0.769. The third-order valence-corrected chi connectivity index (χ3v) is 10.0. The van der Waals surface area contributed by atoms with E-state index in [1.54, 1.807) is 0 Å². The van der Waals surface area contributed by atoms with Gasteiger partial charge in [-0.25, -0.2) is 14.8 Å². The molecule has 3 heteroatoms. The zero-order valence-corrected chi connectivity index (χ0v) is 27.7. The predicted octanol–water partition coefficient (Wildman–Crippen LogP) is 12.1. The molecule has 0 amide bonds. The molecule has 0 saturated carbocycles. The van der Waals surface area contributed by atoms with Gasteiger partial charge in [0.15, 0.2) is 11.5 Å². The van der Waals surface area contributed by atoms with Crippen LogP contribution in [0, 0.1) is 6.57 Å². The van der Waals surface area contributed by atoms with Crippen LogP contribution in [0.2, 0.25) is 0 Å². The van der Waals surface area contributed by atoms with Crippen molar-refractivity contribution >= 4 is 5.69 Å². The summed E-state index contributed by atoms with van der Waals surface area (Å²) >= 11 is 0. The molecule has 0 saturated heterocycles. The quantitative estimate of drug-likeness (QED) is 0.168. The fraction of sp³-hybridized carbons (Fsp3) is 0.0208. The number of hydrogen-bond acceptors (Lipinski definition) is 2. The van der Waals surface area contributed by atoms with Crippen molar-refractivity contribution in [2.45, 2.75) is 5.41 Å². The van der Waals surface area contributed by atoms with Crippen LogP contribution in [0.4, 0.5) is 5.69 Å². The van der Waals surface area contributed by atoms with Gasteiger partial charge in [0, 0.05) is 16.7 Å². The zero-order chi connectivity index (χ0) is 34.2. The minimum atomic E-state index is -0.575. The van der Waals surface area contributed by atoms with Gasteiger partial charge in [0.1, 0.15) is 0 Å². The van der Waals surface area contributed by atoms with Crippen molar-refractivity contribution < 1.29 is 0 Å². The van der Waals surface area contributed by atoms with Crippen molar-refractivity contribution in [3.05, 3.63) is 222 Å². The van der Waals surface area contributed by atoms with Gasteiger partial charge in [-0.05, 0) is 56.6 Å². The highest BCUT2D eigenvalue weighted by Gasteiger charge is 2.47. The van der Waals surface area contributed by atoms with Crippen molar-refractivity contribution in [2.24, 2.45) is 0 Å². The second-order valence-electron chi connectivity index (χ2n) is 12.8. The van der Waals surface area contributed by atoms with Crippen LogP contribution in [-0.4, -0.2) is 9.97 Å². The predicted molar refractivity (Wildman–Crippen MR) is 207 cm³/mol. The average molecular weight is 650 g/mol. The van der Waals surface area contributed by atoms with Gasteiger partial charge in [0.05, 0.1) is 23.4 Å². The van der Waals surface area contributed by atoms with Gasteiger partial charge in [-0.2, -0.15) is 0 Å². The topological polar surface area (TPSA) is 30.1 Å². The van der Waals surface area contributed by atoms with Crippen molar-refractivity contribution in [2.75, 3.05) is 0 Å². The number of fused-ring (bicyclic) bond motifs is 3. The maximum Gasteiger partial charge on any atom is 0.187 e. The summed E-state index contributed by atoms with van der Waals surface area (Å²) in [5, 5.41) is 0. The lowest BCUT2D eigenvalue weighted by atomic mass is 9.67. The van der Waals surface area contributed by atoms with Gasteiger partial charge in [0.25, 0.3) is 0 Å². The molecule has 0 bridgehead atoms. The van der Waals surface area contributed by atoms with Crippen LogP contribution < -0.4 is 0 Å². The molecule has 8 aromatic rings. The summed E-state index contributed by atoms with van der Waals surface area (Å²) in [4.78, 5) is 14.2. The fourth-order valence-electron chi connectivity index (χ4n) is 7.82.